The zero-order chi connectivity index (χ0) is 15.4. The van der Waals surface area contributed by atoms with Gasteiger partial charge in [0.15, 0.2) is 0 Å². The maximum atomic E-state index is 6.38. The van der Waals surface area contributed by atoms with E-state index in [0.717, 1.165) is 29.0 Å². The Balaban J connectivity index is 2.18. The lowest BCUT2D eigenvalue weighted by Gasteiger charge is -2.21. The molecule has 0 spiro atoms. The number of nitrogens with zero attached hydrogens (tertiary/aromatic N) is 1. The molecule has 0 radical (unpaired) electrons. The molecule has 0 bridgehead atoms. The predicted molar refractivity (Wildman–Crippen MR) is 86.5 cm³/mol. The number of pyridine rings is 1. The molecule has 2 atom stereocenters. The topological polar surface area (TPSA) is 48.1 Å². The molecule has 112 valence electrons. The molecule has 2 unspecified atom stereocenters. The first-order valence-electron chi connectivity index (χ1n) is 7.34. The molecule has 0 aliphatic rings. The van der Waals surface area contributed by atoms with Gasteiger partial charge in [-0.25, -0.2) is 0 Å². The molecule has 0 saturated carbocycles. The lowest BCUT2D eigenvalue weighted by atomic mass is 9.90. The van der Waals surface area contributed by atoms with Gasteiger partial charge >= 0.3 is 0 Å². The van der Waals surface area contributed by atoms with Crippen molar-refractivity contribution in [3.05, 3.63) is 58.9 Å². The van der Waals surface area contributed by atoms with Crippen LogP contribution in [-0.2, 0) is 6.42 Å². The number of ether oxygens (including phenoxy) is 1. The minimum atomic E-state index is 0.0136. The molecule has 0 amide bonds. The van der Waals surface area contributed by atoms with Gasteiger partial charge < -0.3 is 10.5 Å². The molecular formula is C18H24N2O. The van der Waals surface area contributed by atoms with Crippen molar-refractivity contribution in [1.82, 2.24) is 4.98 Å². The van der Waals surface area contributed by atoms with Crippen molar-refractivity contribution in [3.63, 3.8) is 0 Å². The highest BCUT2D eigenvalue weighted by Crippen LogP contribution is 2.28. The second-order valence-corrected chi connectivity index (χ2v) is 5.66. The second-order valence-electron chi connectivity index (χ2n) is 5.66. The van der Waals surface area contributed by atoms with Crippen molar-refractivity contribution in [2.75, 3.05) is 7.11 Å². The van der Waals surface area contributed by atoms with E-state index in [1.165, 1.54) is 5.56 Å². The Hall–Kier alpha value is -1.87. The van der Waals surface area contributed by atoms with Crippen LogP contribution in [0.4, 0.5) is 0 Å². The first-order valence-corrected chi connectivity index (χ1v) is 7.34. The van der Waals surface area contributed by atoms with Crippen LogP contribution in [0.5, 0.6) is 5.75 Å². The molecule has 3 nitrogen and oxygen atoms in total. The molecule has 2 N–H and O–H groups in total. The van der Waals surface area contributed by atoms with E-state index in [1.54, 1.807) is 7.11 Å². The van der Waals surface area contributed by atoms with Crippen molar-refractivity contribution in [2.24, 2.45) is 11.7 Å². The number of benzene rings is 1. The summed E-state index contributed by atoms with van der Waals surface area (Å²) >= 11 is 0. The second kappa shape index (κ2) is 6.72. The predicted octanol–water partition coefficient (Wildman–Crippen LogP) is 3.59. The summed E-state index contributed by atoms with van der Waals surface area (Å²) in [4.78, 5) is 4.57. The van der Waals surface area contributed by atoms with Crippen molar-refractivity contribution in [2.45, 2.75) is 33.2 Å². The smallest absolute Gasteiger partial charge is 0.128 e. The minimum absolute atomic E-state index is 0.0136. The van der Waals surface area contributed by atoms with Gasteiger partial charge in [-0.3, -0.25) is 4.98 Å². The molecule has 0 aliphatic carbocycles. The van der Waals surface area contributed by atoms with Gasteiger partial charge in [0.05, 0.1) is 7.11 Å². The van der Waals surface area contributed by atoms with Gasteiger partial charge in [-0.2, -0.15) is 0 Å². The van der Waals surface area contributed by atoms with E-state index in [2.05, 4.69) is 31.0 Å². The molecule has 1 aromatic heterocycles. The number of methoxy groups -OCH3 is 1. The number of hydrogen-bond acceptors (Lipinski definition) is 3. The number of nitrogens with two attached hydrogens (primary N) is 1. The standard InChI is InChI=1S/C18H24N2O/c1-12(17(19)15-8-6-5-7-9-15)10-16-14(3)18(21-4)13(2)11-20-16/h5-9,11-12,17H,10,19H2,1-4H3. The fraction of sp³-hybridized carbons (Fsp3) is 0.389. The van der Waals surface area contributed by atoms with E-state index in [-0.39, 0.29) is 6.04 Å². The summed E-state index contributed by atoms with van der Waals surface area (Å²) in [5.74, 6) is 1.24. The third kappa shape index (κ3) is 3.42. The lowest BCUT2D eigenvalue weighted by Crippen LogP contribution is -2.21. The first-order chi connectivity index (χ1) is 10.0. The van der Waals surface area contributed by atoms with E-state index < -0.39 is 0 Å². The van der Waals surface area contributed by atoms with Gasteiger partial charge in [0, 0.05) is 29.1 Å². The number of rotatable bonds is 5. The normalized spacial score (nSPS) is 13.8. The fourth-order valence-electron chi connectivity index (χ4n) is 2.71. The van der Waals surface area contributed by atoms with E-state index in [9.17, 15) is 0 Å². The SMILES string of the molecule is COc1c(C)cnc(CC(C)C(N)c2ccccc2)c1C. The molecule has 1 aromatic carbocycles. The van der Waals surface area contributed by atoms with Crippen molar-refractivity contribution >= 4 is 0 Å². The lowest BCUT2D eigenvalue weighted by molar-refractivity contribution is 0.404. The Bertz CT molecular complexity index is 596. The number of aryl methyl sites for hydroxylation is 1. The van der Waals surface area contributed by atoms with Crippen LogP contribution in [0.25, 0.3) is 0 Å². The van der Waals surface area contributed by atoms with Crippen LogP contribution in [0.2, 0.25) is 0 Å². The maximum Gasteiger partial charge on any atom is 0.128 e. The van der Waals surface area contributed by atoms with Crippen LogP contribution in [-0.4, -0.2) is 12.1 Å². The summed E-state index contributed by atoms with van der Waals surface area (Å²) in [6.07, 6.45) is 2.72. The minimum Gasteiger partial charge on any atom is -0.496 e. The average Bonchev–Trinajstić information content (AvgIpc) is 2.50. The molecule has 0 fully saturated rings. The Morgan fingerprint density at radius 1 is 1.19 bits per heavy atom. The average molecular weight is 284 g/mol. The quantitative estimate of drug-likeness (QED) is 0.913. The fourth-order valence-corrected chi connectivity index (χ4v) is 2.71. The number of hydrogen-bond donors (Lipinski definition) is 1. The summed E-state index contributed by atoms with van der Waals surface area (Å²) in [5, 5.41) is 0. The van der Waals surface area contributed by atoms with E-state index in [1.807, 2.05) is 31.3 Å². The van der Waals surface area contributed by atoms with Crippen LogP contribution in [0, 0.1) is 19.8 Å². The van der Waals surface area contributed by atoms with E-state index in [0.29, 0.717) is 5.92 Å². The summed E-state index contributed by atoms with van der Waals surface area (Å²) in [5.41, 5.74) is 10.8. The Morgan fingerprint density at radius 2 is 1.86 bits per heavy atom. The Labute approximate surface area is 127 Å². The Morgan fingerprint density at radius 3 is 2.48 bits per heavy atom. The summed E-state index contributed by atoms with van der Waals surface area (Å²) in [6.45, 7) is 6.25. The summed E-state index contributed by atoms with van der Waals surface area (Å²) in [6, 6.07) is 10.2. The van der Waals surface area contributed by atoms with Crippen LogP contribution in [0.1, 0.15) is 35.3 Å². The van der Waals surface area contributed by atoms with Gasteiger partial charge in [0.1, 0.15) is 5.75 Å². The van der Waals surface area contributed by atoms with Crippen molar-refractivity contribution in [3.8, 4) is 5.75 Å². The third-order valence-electron chi connectivity index (χ3n) is 4.06. The van der Waals surface area contributed by atoms with Gasteiger partial charge in [0.25, 0.3) is 0 Å². The largest absolute Gasteiger partial charge is 0.496 e. The van der Waals surface area contributed by atoms with Crippen LogP contribution in [0.15, 0.2) is 36.5 Å². The van der Waals surface area contributed by atoms with E-state index >= 15 is 0 Å². The van der Waals surface area contributed by atoms with Crippen LogP contribution >= 0.6 is 0 Å². The molecule has 2 aromatic rings. The molecule has 1 heterocycles. The zero-order valence-electron chi connectivity index (χ0n) is 13.3. The molecule has 0 aliphatic heterocycles. The van der Waals surface area contributed by atoms with Crippen LogP contribution < -0.4 is 10.5 Å². The highest BCUT2D eigenvalue weighted by Gasteiger charge is 2.18. The van der Waals surface area contributed by atoms with E-state index in [4.69, 9.17) is 10.5 Å². The molecule has 3 heteroatoms. The Kier molecular flexibility index (Phi) is 4.97. The number of aromatic nitrogens is 1. The molecule has 2 rings (SSSR count). The molecule has 0 saturated heterocycles. The molecular weight excluding hydrogens is 260 g/mol. The van der Waals surface area contributed by atoms with Gasteiger partial charge in [-0.05, 0) is 31.7 Å². The zero-order valence-corrected chi connectivity index (χ0v) is 13.3. The van der Waals surface area contributed by atoms with Gasteiger partial charge in [-0.1, -0.05) is 37.3 Å². The first kappa shape index (κ1) is 15.5. The summed E-state index contributed by atoms with van der Waals surface area (Å²) < 4.78 is 5.47. The van der Waals surface area contributed by atoms with Crippen molar-refractivity contribution < 1.29 is 4.74 Å². The third-order valence-corrected chi connectivity index (χ3v) is 4.06. The molecule has 21 heavy (non-hydrogen) atoms. The highest BCUT2D eigenvalue weighted by atomic mass is 16.5. The highest BCUT2D eigenvalue weighted by molar-refractivity contribution is 5.41. The summed E-state index contributed by atoms with van der Waals surface area (Å²) in [7, 11) is 1.71. The maximum absolute atomic E-state index is 6.38. The monoisotopic (exact) mass is 284 g/mol. The van der Waals surface area contributed by atoms with Crippen LogP contribution in [0.3, 0.4) is 0 Å². The van der Waals surface area contributed by atoms with Gasteiger partial charge in [-0.15, -0.1) is 0 Å². The van der Waals surface area contributed by atoms with Gasteiger partial charge in [0.2, 0.25) is 0 Å². The van der Waals surface area contributed by atoms with Crippen molar-refractivity contribution in [1.29, 1.82) is 0 Å².